The largest absolute Gasteiger partial charge is 0.481 e. The van der Waals surface area contributed by atoms with E-state index in [1.54, 1.807) is 4.90 Å². The summed E-state index contributed by atoms with van der Waals surface area (Å²) in [4.78, 5) is 25.1. The molecule has 0 saturated carbocycles. The summed E-state index contributed by atoms with van der Waals surface area (Å²) in [6, 6.07) is 9.50. The van der Waals surface area contributed by atoms with Gasteiger partial charge in [0.2, 0.25) is 0 Å². The number of rotatable bonds is 6. The Morgan fingerprint density at radius 3 is 2.71 bits per heavy atom. The Labute approximate surface area is 142 Å². The van der Waals surface area contributed by atoms with E-state index in [-0.39, 0.29) is 24.5 Å². The number of carboxylic acids is 1. The SMILES string of the molecule is CC1CC(C(=O)O)CN(C(=O)NC(C)COCc2ccccc2)C1. The van der Waals surface area contributed by atoms with Crippen LogP contribution in [0.5, 0.6) is 0 Å². The summed E-state index contributed by atoms with van der Waals surface area (Å²) in [5.41, 5.74) is 1.09. The molecule has 132 valence electrons. The maximum absolute atomic E-state index is 12.3. The third-order valence-corrected chi connectivity index (χ3v) is 4.15. The predicted molar refractivity (Wildman–Crippen MR) is 90.6 cm³/mol. The fourth-order valence-electron chi connectivity index (χ4n) is 2.97. The quantitative estimate of drug-likeness (QED) is 0.837. The van der Waals surface area contributed by atoms with Crippen molar-refractivity contribution in [2.45, 2.75) is 32.9 Å². The number of aliphatic carboxylic acids is 1. The van der Waals surface area contributed by atoms with Gasteiger partial charge in [-0.05, 0) is 24.8 Å². The van der Waals surface area contributed by atoms with Gasteiger partial charge in [-0.3, -0.25) is 4.79 Å². The second kappa shape index (κ2) is 8.68. The number of carboxylic acid groups (broad SMARTS) is 1. The summed E-state index contributed by atoms with van der Waals surface area (Å²) in [5, 5.41) is 12.1. The molecule has 1 fully saturated rings. The van der Waals surface area contributed by atoms with Crippen LogP contribution in [0.15, 0.2) is 30.3 Å². The molecule has 2 N–H and O–H groups in total. The number of carbonyl (C=O) groups excluding carboxylic acids is 1. The highest BCUT2D eigenvalue weighted by atomic mass is 16.5. The van der Waals surface area contributed by atoms with Crippen molar-refractivity contribution in [3.05, 3.63) is 35.9 Å². The van der Waals surface area contributed by atoms with Gasteiger partial charge in [-0.2, -0.15) is 0 Å². The zero-order valence-electron chi connectivity index (χ0n) is 14.3. The van der Waals surface area contributed by atoms with Gasteiger partial charge in [0.1, 0.15) is 0 Å². The van der Waals surface area contributed by atoms with Crippen LogP contribution in [0.3, 0.4) is 0 Å². The number of nitrogens with one attached hydrogen (secondary N) is 1. The van der Waals surface area contributed by atoms with Gasteiger partial charge < -0.3 is 20.1 Å². The van der Waals surface area contributed by atoms with Crippen molar-refractivity contribution in [2.75, 3.05) is 19.7 Å². The van der Waals surface area contributed by atoms with Crippen molar-refractivity contribution in [1.29, 1.82) is 0 Å². The normalized spacial score (nSPS) is 22.0. The molecule has 2 rings (SSSR count). The molecule has 2 amide bonds. The average Bonchev–Trinajstić information content (AvgIpc) is 2.55. The lowest BCUT2D eigenvalue weighted by atomic mass is 9.91. The lowest BCUT2D eigenvalue weighted by Gasteiger charge is -2.35. The number of benzene rings is 1. The second-order valence-electron chi connectivity index (χ2n) is 6.63. The van der Waals surface area contributed by atoms with E-state index in [1.807, 2.05) is 44.2 Å². The van der Waals surface area contributed by atoms with Gasteiger partial charge in [0.25, 0.3) is 0 Å². The molecule has 3 unspecified atom stereocenters. The van der Waals surface area contributed by atoms with Crippen molar-refractivity contribution in [3.8, 4) is 0 Å². The monoisotopic (exact) mass is 334 g/mol. The molecule has 0 aliphatic carbocycles. The maximum Gasteiger partial charge on any atom is 0.317 e. The molecule has 0 aromatic heterocycles. The summed E-state index contributed by atoms with van der Waals surface area (Å²) in [6.07, 6.45) is 0.620. The lowest BCUT2D eigenvalue weighted by Crippen LogP contribution is -2.51. The van der Waals surface area contributed by atoms with Gasteiger partial charge in [0.05, 0.1) is 25.2 Å². The Hall–Kier alpha value is -2.08. The van der Waals surface area contributed by atoms with E-state index in [1.165, 1.54) is 0 Å². The summed E-state index contributed by atoms with van der Waals surface area (Å²) < 4.78 is 5.62. The first kappa shape index (κ1) is 18.3. The Bertz CT molecular complexity index is 549. The van der Waals surface area contributed by atoms with Crippen molar-refractivity contribution < 1.29 is 19.4 Å². The number of piperidine rings is 1. The van der Waals surface area contributed by atoms with E-state index in [0.717, 1.165) is 5.56 Å². The molecule has 0 bridgehead atoms. The number of nitrogens with zero attached hydrogens (tertiary/aromatic N) is 1. The molecule has 1 saturated heterocycles. The van der Waals surface area contributed by atoms with Gasteiger partial charge in [-0.1, -0.05) is 37.3 Å². The summed E-state index contributed by atoms with van der Waals surface area (Å²) >= 11 is 0. The number of urea groups is 1. The molecule has 0 spiro atoms. The van der Waals surface area contributed by atoms with E-state index in [9.17, 15) is 14.7 Å². The number of ether oxygens (including phenoxy) is 1. The first-order chi connectivity index (χ1) is 11.5. The Morgan fingerprint density at radius 1 is 1.33 bits per heavy atom. The number of hydrogen-bond acceptors (Lipinski definition) is 3. The highest BCUT2D eigenvalue weighted by Gasteiger charge is 2.32. The van der Waals surface area contributed by atoms with Crippen LogP contribution in [-0.2, 0) is 16.1 Å². The van der Waals surface area contributed by atoms with Crippen LogP contribution in [0.4, 0.5) is 4.79 Å². The van der Waals surface area contributed by atoms with Crippen molar-refractivity contribution >= 4 is 12.0 Å². The molecule has 6 nitrogen and oxygen atoms in total. The molecule has 24 heavy (non-hydrogen) atoms. The zero-order chi connectivity index (χ0) is 17.5. The van der Waals surface area contributed by atoms with Gasteiger partial charge in [0.15, 0.2) is 0 Å². The molecule has 0 radical (unpaired) electrons. The van der Waals surface area contributed by atoms with Crippen LogP contribution in [-0.4, -0.2) is 47.7 Å². The van der Waals surface area contributed by atoms with E-state index in [4.69, 9.17) is 4.74 Å². The van der Waals surface area contributed by atoms with Crippen LogP contribution in [0.2, 0.25) is 0 Å². The summed E-state index contributed by atoms with van der Waals surface area (Å²) in [7, 11) is 0. The fourth-order valence-corrected chi connectivity index (χ4v) is 2.97. The van der Waals surface area contributed by atoms with Gasteiger partial charge in [-0.25, -0.2) is 4.79 Å². The van der Waals surface area contributed by atoms with Crippen molar-refractivity contribution in [3.63, 3.8) is 0 Å². The summed E-state index contributed by atoms with van der Waals surface area (Å²) in [6.45, 7) is 5.62. The number of amides is 2. The van der Waals surface area contributed by atoms with Crippen molar-refractivity contribution in [2.24, 2.45) is 11.8 Å². The van der Waals surface area contributed by atoms with Crippen LogP contribution in [0, 0.1) is 11.8 Å². The average molecular weight is 334 g/mol. The topological polar surface area (TPSA) is 78.9 Å². The molecule has 1 heterocycles. The molecule has 3 atom stereocenters. The van der Waals surface area contributed by atoms with E-state index >= 15 is 0 Å². The standard InChI is InChI=1S/C18H26N2O4/c1-13-8-16(17(21)22)10-20(9-13)18(23)19-14(2)11-24-12-15-6-4-3-5-7-15/h3-7,13-14,16H,8-12H2,1-2H3,(H,19,23)(H,21,22). The third kappa shape index (κ3) is 5.53. The second-order valence-corrected chi connectivity index (χ2v) is 6.63. The molecule has 1 aliphatic heterocycles. The van der Waals surface area contributed by atoms with Crippen LogP contribution in [0.25, 0.3) is 0 Å². The minimum atomic E-state index is -0.835. The number of carbonyl (C=O) groups is 2. The molecule has 1 aliphatic rings. The fraction of sp³-hybridized carbons (Fsp3) is 0.556. The molecule has 1 aromatic carbocycles. The highest BCUT2D eigenvalue weighted by Crippen LogP contribution is 2.21. The smallest absolute Gasteiger partial charge is 0.317 e. The van der Waals surface area contributed by atoms with E-state index in [2.05, 4.69) is 5.32 Å². The molecule has 1 aromatic rings. The lowest BCUT2D eigenvalue weighted by molar-refractivity contribution is -0.143. The van der Waals surface area contributed by atoms with E-state index < -0.39 is 11.9 Å². The number of hydrogen-bond donors (Lipinski definition) is 2. The minimum Gasteiger partial charge on any atom is -0.481 e. The van der Waals surface area contributed by atoms with Gasteiger partial charge >= 0.3 is 12.0 Å². The molecular formula is C18H26N2O4. The van der Waals surface area contributed by atoms with Gasteiger partial charge in [-0.15, -0.1) is 0 Å². The maximum atomic E-state index is 12.3. The van der Waals surface area contributed by atoms with Crippen LogP contribution >= 0.6 is 0 Å². The zero-order valence-corrected chi connectivity index (χ0v) is 14.3. The Morgan fingerprint density at radius 2 is 2.04 bits per heavy atom. The molecule has 6 heteroatoms. The van der Waals surface area contributed by atoms with E-state index in [0.29, 0.717) is 26.2 Å². The first-order valence-corrected chi connectivity index (χ1v) is 8.35. The van der Waals surface area contributed by atoms with Crippen LogP contribution < -0.4 is 5.32 Å². The minimum absolute atomic E-state index is 0.137. The number of likely N-dealkylation sites (tertiary alicyclic amines) is 1. The predicted octanol–water partition coefficient (Wildman–Crippen LogP) is 2.34. The third-order valence-electron chi connectivity index (χ3n) is 4.15. The molecular weight excluding hydrogens is 308 g/mol. The summed E-state index contributed by atoms with van der Waals surface area (Å²) in [5.74, 6) is -1.13. The Balaban J connectivity index is 1.75. The van der Waals surface area contributed by atoms with Crippen molar-refractivity contribution in [1.82, 2.24) is 10.2 Å². The Kier molecular flexibility index (Phi) is 6.61. The highest BCUT2D eigenvalue weighted by molar-refractivity contribution is 5.76. The van der Waals surface area contributed by atoms with Crippen LogP contribution in [0.1, 0.15) is 25.8 Å². The first-order valence-electron chi connectivity index (χ1n) is 8.35. The van der Waals surface area contributed by atoms with Gasteiger partial charge in [0, 0.05) is 13.1 Å².